The van der Waals surface area contributed by atoms with E-state index >= 15 is 0 Å². The fraction of sp³-hybridized carbons (Fsp3) is 0.417. The summed E-state index contributed by atoms with van der Waals surface area (Å²) in [6.07, 6.45) is -0.158. The predicted molar refractivity (Wildman–Crippen MR) is 139 cm³/mol. The number of nitrogens with one attached hydrogen (secondary N) is 1. The molecule has 216 valence electrons. The van der Waals surface area contributed by atoms with Gasteiger partial charge in [-0.1, -0.05) is 0 Å². The molecule has 0 radical (unpaired) electrons. The fourth-order valence-electron chi connectivity index (χ4n) is 4.07. The Bertz CT molecular complexity index is 1320. The Morgan fingerprint density at radius 1 is 0.950 bits per heavy atom. The van der Waals surface area contributed by atoms with Crippen LogP contribution in [0.2, 0.25) is 0 Å². The van der Waals surface area contributed by atoms with Crippen molar-refractivity contribution in [2.75, 3.05) is 19.3 Å². The molecule has 15 nitrogen and oxygen atoms in total. The monoisotopic (exact) mass is 580 g/mol. The van der Waals surface area contributed by atoms with Crippen molar-refractivity contribution in [3.05, 3.63) is 79.9 Å². The first kappa shape index (κ1) is 30.2. The zero-order valence-corrected chi connectivity index (χ0v) is 22.3. The summed E-state index contributed by atoms with van der Waals surface area (Å²) in [6, 6.07) is 10.7. The van der Waals surface area contributed by atoms with Gasteiger partial charge in [0, 0.05) is 36.9 Å². The molecular formula is C24H28N4O11S. The van der Waals surface area contributed by atoms with Crippen molar-refractivity contribution in [1.29, 1.82) is 0 Å². The van der Waals surface area contributed by atoms with E-state index in [2.05, 4.69) is 5.32 Å². The number of carbonyl (C=O) groups is 2. The number of benzene rings is 2. The second-order valence-electron chi connectivity index (χ2n) is 9.01. The third-order valence-corrected chi connectivity index (χ3v) is 6.55. The maximum Gasteiger partial charge on any atom is 0.410 e. The summed E-state index contributed by atoms with van der Waals surface area (Å²) in [4.78, 5) is 46.6. The van der Waals surface area contributed by atoms with E-state index in [-0.39, 0.29) is 44.1 Å². The lowest BCUT2D eigenvalue weighted by Gasteiger charge is -2.23. The SMILES string of the molecule is CS(=O)(=O)O[C@@H]1C[C@@H](CCCNC(=O)OCc2ccc([N+](=O)[O-])cc2)N(C(=O)OCc2ccc([N+](=O)[O-])cc2)C1. The molecule has 1 aliphatic rings. The van der Waals surface area contributed by atoms with Gasteiger partial charge in [0.2, 0.25) is 0 Å². The van der Waals surface area contributed by atoms with Crippen LogP contribution >= 0.6 is 0 Å². The molecule has 2 aromatic rings. The van der Waals surface area contributed by atoms with E-state index in [1.807, 2.05) is 0 Å². The first-order chi connectivity index (χ1) is 18.9. The second kappa shape index (κ2) is 13.7. The number of carbonyl (C=O) groups excluding carboxylic acids is 2. The molecule has 0 bridgehead atoms. The van der Waals surface area contributed by atoms with Crippen LogP contribution in [0, 0.1) is 20.2 Å². The number of non-ortho nitro benzene ring substituents is 2. The quantitative estimate of drug-likeness (QED) is 0.167. The molecule has 0 saturated carbocycles. The van der Waals surface area contributed by atoms with Crippen molar-refractivity contribution in [1.82, 2.24) is 10.2 Å². The molecule has 2 aromatic carbocycles. The van der Waals surface area contributed by atoms with Crippen LogP contribution in [0.15, 0.2) is 48.5 Å². The number of nitrogens with zero attached hydrogens (tertiary/aromatic N) is 3. The van der Waals surface area contributed by atoms with Gasteiger partial charge in [-0.05, 0) is 54.7 Å². The molecular weight excluding hydrogens is 552 g/mol. The molecule has 16 heteroatoms. The van der Waals surface area contributed by atoms with Crippen LogP contribution < -0.4 is 5.32 Å². The topological polar surface area (TPSA) is 198 Å². The molecule has 1 aliphatic heterocycles. The van der Waals surface area contributed by atoms with Crippen LogP contribution in [-0.4, -0.2) is 66.8 Å². The summed E-state index contributed by atoms with van der Waals surface area (Å²) in [5.74, 6) is 0. The number of alkyl carbamates (subject to hydrolysis) is 1. The molecule has 0 aliphatic carbocycles. The normalized spacial score (nSPS) is 16.8. The van der Waals surface area contributed by atoms with Crippen molar-refractivity contribution >= 4 is 33.7 Å². The first-order valence-corrected chi connectivity index (χ1v) is 13.9. The largest absolute Gasteiger partial charge is 0.445 e. The van der Waals surface area contributed by atoms with Crippen molar-refractivity contribution in [2.24, 2.45) is 0 Å². The Labute approximate surface area is 229 Å². The third-order valence-electron chi connectivity index (χ3n) is 5.93. The van der Waals surface area contributed by atoms with Crippen molar-refractivity contribution in [2.45, 2.75) is 44.6 Å². The fourth-order valence-corrected chi connectivity index (χ4v) is 4.71. The Hall–Kier alpha value is -4.31. The Balaban J connectivity index is 1.47. The molecule has 2 atom stereocenters. The average Bonchev–Trinajstić information content (AvgIpc) is 3.29. The smallest absolute Gasteiger partial charge is 0.410 e. The van der Waals surface area contributed by atoms with Gasteiger partial charge in [0.25, 0.3) is 21.5 Å². The number of nitro groups is 2. The average molecular weight is 581 g/mol. The lowest BCUT2D eigenvalue weighted by molar-refractivity contribution is -0.385. The van der Waals surface area contributed by atoms with E-state index in [1.165, 1.54) is 53.4 Å². The van der Waals surface area contributed by atoms with Gasteiger partial charge in [0.05, 0.1) is 28.8 Å². The number of ether oxygens (including phenoxy) is 2. The van der Waals surface area contributed by atoms with E-state index in [9.17, 15) is 38.2 Å². The Morgan fingerprint density at radius 3 is 1.98 bits per heavy atom. The van der Waals surface area contributed by atoms with Gasteiger partial charge in [0.15, 0.2) is 0 Å². The first-order valence-electron chi connectivity index (χ1n) is 12.1. The molecule has 1 fully saturated rings. The highest BCUT2D eigenvalue weighted by atomic mass is 32.2. The highest BCUT2D eigenvalue weighted by molar-refractivity contribution is 7.86. The number of likely N-dealkylation sites (tertiary alicyclic amines) is 1. The number of nitro benzene ring substituents is 2. The number of rotatable bonds is 12. The molecule has 1 heterocycles. The summed E-state index contributed by atoms with van der Waals surface area (Å²) in [5, 5.41) is 24.1. The van der Waals surface area contributed by atoms with Gasteiger partial charge in [-0.15, -0.1) is 0 Å². The van der Waals surface area contributed by atoms with Gasteiger partial charge in [-0.25, -0.2) is 9.59 Å². The summed E-state index contributed by atoms with van der Waals surface area (Å²) in [7, 11) is -3.76. The third kappa shape index (κ3) is 9.46. The maximum atomic E-state index is 12.8. The van der Waals surface area contributed by atoms with E-state index in [0.29, 0.717) is 24.0 Å². The lowest BCUT2D eigenvalue weighted by Crippen LogP contribution is -2.37. The van der Waals surface area contributed by atoms with Crippen LogP contribution in [0.1, 0.15) is 30.4 Å². The van der Waals surface area contributed by atoms with Gasteiger partial charge in [-0.3, -0.25) is 24.4 Å². The van der Waals surface area contributed by atoms with Crippen molar-refractivity contribution < 1.29 is 41.5 Å². The molecule has 0 aromatic heterocycles. The predicted octanol–water partition coefficient (Wildman–Crippen LogP) is 3.27. The molecule has 2 amide bonds. The van der Waals surface area contributed by atoms with E-state index < -0.39 is 44.3 Å². The summed E-state index contributed by atoms with van der Waals surface area (Å²) in [6.45, 7) is -0.0223. The standard InChI is InChI=1S/C24H28N4O11S/c1-40(35,36)39-22-13-21(26(14-22)24(30)38-16-18-6-10-20(11-7-18)28(33)34)3-2-12-25-23(29)37-15-17-4-8-19(9-5-17)27(31)32/h4-11,21-22H,2-3,12-16H2,1H3,(H,25,29)/t21-,22-/m1/s1. The zero-order chi connectivity index (χ0) is 29.3. The van der Waals surface area contributed by atoms with Gasteiger partial charge in [-0.2, -0.15) is 8.42 Å². The van der Waals surface area contributed by atoms with Crippen molar-refractivity contribution in [3.63, 3.8) is 0 Å². The highest BCUT2D eigenvalue weighted by Crippen LogP contribution is 2.26. The minimum absolute atomic E-state index is 0.0124. The Kier molecular flexibility index (Phi) is 10.3. The molecule has 0 spiro atoms. The Morgan fingerprint density at radius 2 is 1.48 bits per heavy atom. The molecule has 3 rings (SSSR count). The molecule has 0 unspecified atom stereocenters. The number of hydrogen-bond donors (Lipinski definition) is 1. The minimum atomic E-state index is -3.76. The van der Waals surface area contributed by atoms with E-state index in [1.54, 1.807) is 0 Å². The zero-order valence-electron chi connectivity index (χ0n) is 21.5. The minimum Gasteiger partial charge on any atom is -0.445 e. The van der Waals surface area contributed by atoms with Crippen molar-refractivity contribution in [3.8, 4) is 0 Å². The van der Waals surface area contributed by atoms with Gasteiger partial charge < -0.3 is 19.7 Å². The summed E-state index contributed by atoms with van der Waals surface area (Å²) in [5.41, 5.74) is 0.939. The second-order valence-corrected chi connectivity index (χ2v) is 10.6. The number of hydrogen-bond acceptors (Lipinski definition) is 11. The van der Waals surface area contributed by atoms with E-state index in [0.717, 1.165) is 6.26 Å². The molecule has 40 heavy (non-hydrogen) atoms. The van der Waals surface area contributed by atoms with Crippen LogP contribution in [0.4, 0.5) is 21.0 Å². The number of amides is 2. The van der Waals surface area contributed by atoms with Gasteiger partial charge in [0.1, 0.15) is 13.2 Å². The summed E-state index contributed by atoms with van der Waals surface area (Å²) >= 11 is 0. The summed E-state index contributed by atoms with van der Waals surface area (Å²) < 4.78 is 38.7. The van der Waals surface area contributed by atoms with E-state index in [4.69, 9.17) is 13.7 Å². The van der Waals surface area contributed by atoms with Gasteiger partial charge >= 0.3 is 12.2 Å². The molecule has 1 saturated heterocycles. The maximum absolute atomic E-state index is 12.8. The van der Waals surface area contributed by atoms with Crippen LogP contribution in [0.5, 0.6) is 0 Å². The van der Waals surface area contributed by atoms with Crippen LogP contribution in [0.25, 0.3) is 0 Å². The highest BCUT2D eigenvalue weighted by Gasteiger charge is 2.38. The lowest BCUT2D eigenvalue weighted by atomic mass is 10.1. The van der Waals surface area contributed by atoms with Crippen LogP contribution in [0.3, 0.4) is 0 Å². The molecule has 1 N–H and O–H groups in total. The van der Waals surface area contributed by atoms with Crippen LogP contribution in [-0.2, 0) is 37.0 Å².